The molecule has 2 nitrogen and oxygen atoms in total. The Morgan fingerprint density at radius 3 is 2.28 bits per heavy atom. The highest BCUT2D eigenvalue weighted by atomic mass is 28.4. The topological polar surface area (TPSA) is 37.3 Å². The van der Waals surface area contributed by atoms with E-state index in [2.05, 4.69) is 0 Å². The molecule has 0 spiro atoms. The van der Waals surface area contributed by atoms with Crippen molar-refractivity contribution in [3.8, 4) is 0 Å². The van der Waals surface area contributed by atoms with Crippen molar-refractivity contribution >= 4 is 19.6 Å². The zero-order valence-corrected chi connectivity index (χ0v) is 12.4. The smallest absolute Gasteiger partial charge is 0.307 e. The molecule has 0 aliphatic rings. The van der Waals surface area contributed by atoms with Crippen LogP contribution in [-0.4, -0.2) is 19.5 Å². The maximum atomic E-state index is 15.3. The highest BCUT2D eigenvalue weighted by Gasteiger charge is 2.43. The molecule has 4 heteroatoms. The van der Waals surface area contributed by atoms with E-state index in [-0.39, 0.29) is 17.5 Å². The van der Waals surface area contributed by atoms with Gasteiger partial charge in [0.2, 0.25) is 0 Å². The van der Waals surface area contributed by atoms with Crippen molar-refractivity contribution in [3.63, 3.8) is 0 Å². The van der Waals surface area contributed by atoms with Gasteiger partial charge in [0.05, 0.1) is 6.42 Å². The first-order valence-corrected chi connectivity index (χ1v) is 8.31. The number of hydrogen-bond donors (Lipinski definition) is 1. The number of carbonyl (C=O) groups is 1. The van der Waals surface area contributed by atoms with Crippen LogP contribution in [0.25, 0.3) is 0 Å². The summed E-state index contributed by atoms with van der Waals surface area (Å²) in [5.41, 5.74) is 0.644. The number of carboxylic acid groups (broad SMARTS) is 1. The van der Waals surface area contributed by atoms with E-state index in [1.54, 1.807) is 24.3 Å². The number of rotatable bonds is 5. The van der Waals surface area contributed by atoms with Gasteiger partial charge in [0.25, 0.3) is 8.41 Å². The molecule has 0 amide bonds. The van der Waals surface area contributed by atoms with Gasteiger partial charge in [-0.2, -0.15) is 0 Å². The monoisotopic (exact) mass is 268 g/mol. The largest absolute Gasteiger partial charge is 0.481 e. The molecule has 0 atom stereocenters. The van der Waals surface area contributed by atoms with Crippen molar-refractivity contribution in [2.24, 2.45) is 0 Å². The van der Waals surface area contributed by atoms with Gasteiger partial charge in [0, 0.05) is 0 Å². The lowest BCUT2D eigenvalue weighted by molar-refractivity contribution is -0.136. The molecule has 0 heterocycles. The lowest BCUT2D eigenvalue weighted by atomic mass is 10.1. The summed E-state index contributed by atoms with van der Waals surface area (Å²) in [6, 6.07) is 7.05. The summed E-state index contributed by atoms with van der Waals surface area (Å²) in [7, 11) is -3.06. The van der Waals surface area contributed by atoms with Crippen LogP contribution in [0, 0.1) is 0 Å². The van der Waals surface area contributed by atoms with Crippen LogP contribution in [0.15, 0.2) is 24.3 Å². The van der Waals surface area contributed by atoms with Crippen LogP contribution in [0.1, 0.15) is 33.3 Å². The molecule has 1 aromatic rings. The van der Waals surface area contributed by atoms with Gasteiger partial charge in [-0.05, 0) is 21.8 Å². The van der Waals surface area contributed by atoms with E-state index in [1.165, 1.54) is 0 Å². The Morgan fingerprint density at radius 2 is 1.83 bits per heavy atom. The Hall–Kier alpha value is -1.16. The zero-order chi connectivity index (χ0) is 13.9. The lowest BCUT2D eigenvalue weighted by Gasteiger charge is -2.31. The minimum absolute atomic E-state index is 0.0161. The van der Waals surface area contributed by atoms with E-state index >= 15 is 4.11 Å². The fourth-order valence-electron chi connectivity index (χ4n) is 2.43. The average Bonchev–Trinajstić information content (AvgIpc) is 2.26. The summed E-state index contributed by atoms with van der Waals surface area (Å²) in [4.78, 5) is 10.7. The van der Waals surface area contributed by atoms with E-state index in [9.17, 15) is 4.79 Å². The van der Waals surface area contributed by atoms with Crippen molar-refractivity contribution in [2.75, 3.05) is 0 Å². The third-order valence-corrected chi connectivity index (χ3v) is 7.96. The number of aliphatic carboxylic acids is 1. The third kappa shape index (κ3) is 2.99. The Morgan fingerprint density at radius 1 is 1.28 bits per heavy atom. The van der Waals surface area contributed by atoms with Crippen LogP contribution in [0.2, 0.25) is 11.1 Å². The zero-order valence-electron chi connectivity index (χ0n) is 11.4. The van der Waals surface area contributed by atoms with Crippen molar-refractivity contribution in [1.29, 1.82) is 0 Å². The summed E-state index contributed by atoms with van der Waals surface area (Å²) in [6.07, 6.45) is -0.0471. The summed E-state index contributed by atoms with van der Waals surface area (Å²) >= 11 is 0. The molecule has 0 unspecified atom stereocenters. The van der Waals surface area contributed by atoms with Crippen molar-refractivity contribution in [3.05, 3.63) is 29.8 Å². The molecule has 18 heavy (non-hydrogen) atoms. The van der Waals surface area contributed by atoms with Gasteiger partial charge >= 0.3 is 5.97 Å². The molecule has 0 aliphatic heterocycles. The number of hydrogen-bond acceptors (Lipinski definition) is 1. The summed E-state index contributed by atoms with van der Waals surface area (Å²) in [6.45, 7) is 7.65. The van der Waals surface area contributed by atoms with Crippen molar-refractivity contribution in [1.82, 2.24) is 0 Å². The predicted molar refractivity (Wildman–Crippen MR) is 74.5 cm³/mol. The normalized spacial score (nSPS) is 12.2. The first-order chi connectivity index (χ1) is 8.28. The molecule has 0 fully saturated rings. The number of benzene rings is 1. The summed E-state index contributed by atoms with van der Waals surface area (Å²) < 4.78 is 15.3. The van der Waals surface area contributed by atoms with Gasteiger partial charge in [0.15, 0.2) is 0 Å². The molecule has 0 bridgehead atoms. The molecular formula is C14H21FO2Si. The van der Waals surface area contributed by atoms with E-state index in [0.717, 1.165) is 0 Å². The van der Waals surface area contributed by atoms with E-state index in [1.807, 2.05) is 27.7 Å². The third-order valence-electron chi connectivity index (χ3n) is 3.41. The SMILES string of the molecule is CC(C)[Si]([19F])(c1cccc(CC(=O)O)c1)C(C)C. The molecule has 100 valence electrons. The fourth-order valence-corrected chi connectivity index (χ4v) is 5.85. The number of halogens is 1. The minimum atomic E-state index is -3.06. The van der Waals surface area contributed by atoms with E-state index in [0.29, 0.717) is 10.8 Å². The second-order valence-corrected chi connectivity index (χ2v) is 9.77. The van der Waals surface area contributed by atoms with Gasteiger partial charge in [-0.1, -0.05) is 52.0 Å². The maximum absolute atomic E-state index is 15.3. The molecule has 0 saturated heterocycles. The average molecular weight is 268 g/mol. The van der Waals surface area contributed by atoms with Crippen LogP contribution >= 0.6 is 0 Å². The molecule has 1 N–H and O–H groups in total. The Kier molecular flexibility index (Phi) is 4.68. The van der Waals surface area contributed by atoms with E-state index < -0.39 is 14.4 Å². The second-order valence-electron chi connectivity index (χ2n) is 5.35. The van der Waals surface area contributed by atoms with Crippen molar-refractivity contribution < 1.29 is 14.0 Å². The van der Waals surface area contributed by atoms with Gasteiger partial charge < -0.3 is 9.21 Å². The molecular weight excluding hydrogens is 247 g/mol. The predicted octanol–water partition coefficient (Wildman–Crippen LogP) is 3.26. The minimum Gasteiger partial charge on any atom is -0.481 e. The molecule has 1 aromatic carbocycles. The standard InChI is InChI=1S/C14H21FO2Si/c1-10(2)18(15,11(3)4)13-7-5-6-12(8-13)9-14(16)17/h5-8,10-11H,9H2,1-4H3,(H,16,17)/i15+0. The Bertz CT molecular complexity index is 422. The highest BCUT2D eigenvalue weighted by Crippen LogP contribution is 2.33. The van der Waals surface area contributed by atoms with Crippen LogP contribution < -0.4 is 5.19 Å². The maximum Gasteiger partial charge on any atom is 0.307 e. The lowest BCUT2D eigenvalue weighted by Crippen LogP contribution is -2.49. The van der Waals surface area contributed by atoms with Gasteiger partial charge in [-0.3, -0.25) is 4.79 Å². The number of carboxylic acids is 1. The molecule has 0 aliphatic carbocycles. The van der Waals surface area contributed by atoms with Gasteiger partial charge in [0.1, 0.15) is 0 Å². The van der Waals surface area contributed by atoms with Gasteiger partial charge in [-0.15, -0.1) is 0 Å². The Balaban J connectivity index is 3.18. The molecule has 0 radical (unpaired) electrons. The first-order valence-electron chi connectivity index (χ1n) is 6.28. The molecule has 0 aromatic heterocycles. The van der Waals surface area contributed by atoms with Crippen LogP contribution in [0.5, 0.6) is 0 Å². The quantitative estimate of drug-likeness (QED) is 0.657. The first kappa shape index (κ1) is 14.9. The van der Waals surface area contributed by atoms with E-state index in [4.69, 9.17) is 5.11 Å². The van der Waals surface area contributed by atoms with Crippen LogP contribution in [-0.2, 0) is 11.2 Å². The van der Waals surface area contributed by atoms with Crippen LogP contribution in [0.4, 0.5) is 4.11 Å². The highest BCUT2D eigenvalue weighted by molar-refractivity contribution is 6.88. The molecule has 0 saturated carbocycles. The fraction of sp³-hybridized carbons (Fsp3) is 0.500. The van der Waals surface area contributed by atoms with Crippen molar-refractivity contribution in [2.45, 2.75) is 45.2 Å². The second kappa shape index (κ2) is 5.65. The summed E-state index contributed by atoms with van der Waals surface area (Å²) in [5.74, 6) is -0.882. The Labute approximate surface area is 109 Å². The molecule has 1 rings (SSSR count). The van der Waals surface area contributed by atoms with Crippen LogP contribution in [0.3, 0.4) is 0 Å². The van der Waals surface area contributed by atoms with Gasteiger partial charge in [-0.25, -0.2) is 0 Å². The summed E-state index contributed by atoms with van der Waals surface area (Å²) in [5, 5.41) is 9.51.